The SMILES string of the molecule is O=C1CCC(N2Cc3cc(NC(=O)CCCCCCCNCCCn4cc(-c5ccc(Nc6ncc7c(n6)-c6ccc(Cl)cc6C(c6c(F)cccc6F)=NC7)cc5)nn4)ccc3C2=O)C(=O)N1. The number of aromatic nitrogens is 5. The van der Waals surface area contributed by atoms with Gasteiger partial charge in [-0.2, -0.15) is 0 Å². The highest BCUT2D eigenvalue weighted by Gasteiger charge is 2.39. The number of nitrogens with one attached hydrogen (secondary N) is 4. The van der Waals surface area contributed by atoms with E-state index in [-0.39, 0.29) is 48.5 Å². The molecule has 0 saturated carbocycles. The fourth-order valence-electron chi connectivity index (χ4n) is 8.75. The lowest BCUT2D eigenvalue weighted by Gasteiger charge is -2.29. The number of nitrogens with zero attached hydrogens (tertiary/aromatic N) is 7. The predicted molar refractivity (Wildman–Crippen MR) is 253 cm³/mol. The number of fused-ring (bicyclic) bond motifs is 4. The molecule has 2 aromatic heterocycles. The Morgan fingerprint density at radius 2 is 1.60 bits per heavy atom. The van der Waals surface area contributed by atoms with Gasteiger partial charge in [-0.05, 0) is 98.9 Å². The van der Waals surface area contributed by atoms with Crippen molar-refractivity contribution in [2.75, 3.05) is 23.7 Å². The summed E-state index contributed by atoms with van der Waals surface area (Å²) in [6.45, 7) is 2.87. The number of anilines is 3. The van der Waals surface area contributed by atoms with Gasteiger partial charge < -0.3 is 20.9 Å². The maximum Gasteiger partial charge on any atom is 0.255 e. The molecule has 1 saturated heterocycles. The molecule has 1 atom stereocenters. The van der Waals surface area contributed by atoms with E-state index in [1.807, 2.05) is 35.1 Å². The van der Waals surface area contributed by atoms with Crippen LogP contribution in [0.5, 0.6) is 0 Å². The molecular formula is C50H48ClF2N11O4. The van der Waals surface area contributed by atoms with Crippen molar-refractivity contribution in [3.8, 4) is 22.5 Å². The molecule has 9 rings (SSSR count). The Balaban J connectivity index is 0.662. The third kappa shape index (κ3) is 10.5. The number of carbonyl (C=O) groups is 4. The Bertz CT molecular complexity index is 2910. The summed E-state index contributed by atoms with van der Waals surface area (Å²) in [6, 6.07) is 21.1. The Morgan fingerprint density at radius 3 is 2.43 bits per heavy atom. The van der Waals surface area contributed by atoms with Crippen molar-refractivity contribution in [3.63, 3.8) is 0 Å². The van der Waals surface area contributed by atoms with Crippen LogP contribution >= 0.6 is 11.6 Å². The molecule has 0 radical (unpaired) electrons. The third-order valence-corrected chi connectivity index (χ3v) is 12.5. The van der Waals surface area contributed by atoms with Crippen molar-refractivity contribution >= 4 is 58.3 Å². The van der Waals surface area contributed by atoms with Gasteiger partial charge in [0.15, 0.2) is 0 Å². The summed E-state index contributed by atoms with van der Waals surface area (Å²) in [6.07, 6.45) is 10.3. The lowest BCUT2D eigenvalue weighted by atomic mass is 9.95. The molecule has 3 aliphatic rings. The van der Waals surface area contributed by atoms with Gasteiger partial charge in [0.1, 0.15) is 23.4 Å². The van der Waals surface area contributed by atoms with Crippen molar-refractivity contribution in [2.45, 2.75) is 83.5 Å². The molecule has 4 N–H and O–H groups in total. The molecule has 0 aliphatic carbocycles. The number of unbranched alkanes of at least 4 members (excludes halogenated alkanes) is 4. The molecule has 0 spiro atoms. The van der Waals surface area contributed by atoms with E-state index in [1.54, 1.807) is 42.6 Å². The fraction of sp³-hybridized carbons (Fsp3) is 0.300. The molecule has 4 amide bonds. The predicted octanol–water partition coefficient (Wildman–Crippen LogP) is 8.15. The zero-order valence-electron chi connectivity index (χ0n) is 37.0. The van der Waals surface area contributed by atoms with E-state index in [4.69, 9.17) is 16.6 Å². The fourth-order valence-corrected chi connectivity index (χ4v) is 8.92. The van der Waals surface area contributed by atoms with Gasteiger partial charge in [0, 0.05) is 76.3 Å². The number of carbonyl (C=O) groups excluding carboxylic acids is 4. The van der Waals surface area contributed by atoms with Crippen LogP contribution in [-0.2, 0) is 34.0 Å². The molecule has 18 heteroatoms. The number of aliphatic imine (C=N–C) groups is 1. The van der Waals surface area contributed by atoms with Crippen LogP contribution in [0.4, 0.5) is 26.1 Å². The average Bonchev–Trinajstić information content (AvgIpc) is 3.89. The second kappa shape index (κ2) is 20.7. The molecule has 3 aliphatic heterocycles. The van der Waals surface area contributed by atoms with Crippen LogP contribution in [0, 0.1) is 11.6 Å². The highest BCUT2D eigenvalue weighted by Crippen LogP contribution is 2.35. The Labute approximate surface area is 395 Å². The molecule has 1 unspecified atom stereocenters. The first-order valence-electron chi connectivity index (χ1n) is 22.8. The highest BCUT2D eigenvalue weighted by atomic mass is 35.5. The minimum Gasteiger partial charge on any atom is -0.326 e. The molecule has 4 aromatic carbocycles. The lowest BCUT2D eigenvalue weighted by Crippen LogP contribution is -2.52. The van der Waals surface area contributed by atoms with Gasteiger partial charge in [-0.3, -0.25) is 34.2 Å². The topological polar surface area (TPSA) is 188 Å². The first kappa shape index (κ1) is 45.9. The molecule has 68 heavy (non-hydrogen) atoms. The van der Waals surface area contributed by atoms with Gasteiger partial charge in [-0.15, -0.1) is 5.10 Å². The minimum atomic E-state index is -0.718. The zero-order valence-corrected chi connectivity index (χ0v) is 37.8. The normalized spacial score (nSPS) is 15.3. The van der Waals surface area contributed by atoms with Crippen LogP contribution in [0.15, 0.2) is 96.2 Å². The number of rotatable bonds is 18. The van der Waals surface area contributed by atoms with Gasteiger partial charge in [0.2, 0.25) is 23.7 Å². The molecule has 5 heterocycles. The monoisotopic (exact) mass is 939 g/mol. The average molecular weight is 940 g/mol. The number of aryl methyl sites for hydroxylation is 1. The van der Waals surface area contributed by atoms with Gasteiger partial charge in [-0.25, -0.2) is 18.7 Å². The largest absolute Gasteiger partial charge is 0.326 e. The van der Waals surface area contributed by atoms with E-state index in [0.29, 0.717) is 57.4 Å². The van der Waals surface area contributed by atoms with E-state index in [9.17, 15) is 28.0 Å². The van der Waals surface area contributed by atoms with Crippen molar-refractivity contribution in [2.24, 2.45) is 4.99 Å². The number of piperidine rings is 1. The molecule has 15 nitrogen and oxygen atoms in total. The van der Waals surface area contributed by atoms with E-state index < -0.39 is 23.6 Å². The van der Waals surface area contributed by atoms with E-state index >= 15 is 0 Å². The molecule has 0 bridgehead atoms. The lowest BCUT2D eigenvalue weighted by molar-refractivity contribution is -0.137. The van der Waals surface area contributed by atoms with Crippen molar-refractivity contribution in [1.82, 2.24) is 40.5 Å². The van der Waals surface area contributed by atoms with Crippen LogP contribution < -0.4 is 21.3 Å². The zero-order chi connectivity index (χ0) is 47.1. The third-order valence-electron chi connectivity index (χ3n) is 12.2. The van der Waals surface area contributed by atoms with Gasteiger partial charge in [-0.1, -0.05) is 60.3 Å². The van der Waals surface area contributed by atoms with Crippen LogP contribution in [-0.4, -0.2) is 78.3 Å². The van der Waals surface area contributed by atoms with Crippen molar-refractivity contribution in [3.05, 3.63) is 136 Å². The van der Waals surface area contributed by atoms with E-state index in [0.717, 1.165) is 80.7 Å². The summed E-state index contributed by atoms with van der Waals surface area (Å²) in [5, 5.41) is 21.1. The molecule has 1 fully saturated rings. The smallest absolute Gasteiger partial charge is 0.255 e. The number of amides is 4. The number of hydrogen-bond acceptors (Lipinski definition) is 11. The van der Waals surface area contributed by atoms with E-state index in [2.05, 4.69) is 41.6 Å². The van der Waals surface area contributed by atoms with Gasteiger partial charge in [0.05, 0.1) is 29.7 Å². The Morgan fingerprint density at radius 1 is 0.838 bits per heavy atom. The molecular weight excluding hydrogens is 892 g/mol. The Kier molecular flexibility index (Phi) is 14.0. The maximum atomic E-state index is 15.0. The van der Waals surface area contributed by atoms with Crippen molar-refractivity contribution < 1.29 is 28.0 Å². The Hall–Kier alpha value is -7.24. The van der Waals surface area contributed by atoms with Gasteiger partial charge >= 0.3 is 0 Å². The van der Waals surface area contributed by atoms with Crippen LogP contribution in [0.25, 0.3) is 22.5 Å². The number of hydrogen-bond donors (Lipinski definition) is 4. The summed E-state index contributed by atoms with van der Waals surface area (Å²) >= 11 is 6.37. The summed E-state index contributed by atoms with van der Waals surface area (Å²) in [5.41, 5.74) is 6.62. The second-order valence-corrected chi connectivity index (χ2v) is 17.5. The van der Waals surface area contributed by atoms with Gasteiger partial charge in [0.25, 0.3) is 5.91 Å². The summed E-state index contributed by atoms with van der Waals surface area (Å²) < 4.78 is 31.7. The van der Waals surface area contributed by atoms with Crippen LogP contribution in [0.1, 0.15) is 90.4 Å². The number of imide groups is 1. The molecule has 348 valence electrons. The number of halogens is 3. The van der Waals surface area contributed by atoms with Crippen LogP contribution in [0.2, 0.25) is 5.02 Å². The quantitative estimate of drug-likeness (QED) is 0.0484. The summed E-state index contributed by atoms with van der Waals surface area (Å²) in [4.78, 5) is 64.9. The summed E-state index contributed by atoms with van der Waals surface area (Å²) in [5.74, 6) is -2.18. The van der Waals surface area contributed by atoms with Crippen molar-refractivity contribution in [1.29, 1.82) is 0 Å². The highest BCUT2D eigenvalue weighted by molar-refractivity contribution is 6.31. The maximum absolute atomic E-state index is 15.0. The standard InChI is InChI=1S/C50H48ClF2N11O4/c51-33-13-17-37-38(25-33)47(45-39(52)8-6-9-40(45)53)55-26-32-27-56-50(60-46(32)37)58-34-14-11-30(12-15-34)41-29-63(62-61-41)23-7-22-54-21-5-3-1-2-4-10-43(65)57-35-16-18-36-31(24-35)28-64(49(36)68)42-19-20-44(66)59-48(42)67/h6,8-9,11-18,24-25,27,29,42,54H,1-5,7,10,19-23,26,28H2,(H,57,65)(H,56,58,60)(H,59,66,67). The minimum absolute atomic E-state index is 0.0750. The first-order valence-corrected chi connectivity index (χ1v) is 23.2. The molecule has 6 aromatic rings. The first-order chi connectivity index (χ1) is 33.1. The number of benzene rings is 4. The summed E-state index contributed by atoms with van der Waals surface area (Å²) in [7, 11) is 0. The van der Waals surface area contributed by atoms with E-state index in [1.165, 1.54) is 23.1 Å². The van der Waals surface area contributed by atoms with Crippen LogP contribution in [0.3, 0.4) is 0 Å². The second-order valence-electron chi connectivity index (χ2n) is 17.0.